The number of nitrogens with zero attached hydrogens (tertiary/aromatic N) is 2. The van der Waals surface area contributed by atoms with Crippen molar-refractivity contribution in [3.8, 4) is 0 Å². The second-order valence-corrected chi connectivity index (χ2v) is 9.32. The van der Waals surface area contributed by atoms with Gasteiger partial charge in [-0.2, -0.15) is 4.55 Å². The van der Waals surface area contributed by atoms with Crippen molar-refractivity contribution in [1.82, 2.24) is 9.97 Å². The molecule has 0 bridgehead atoms. The van der Waals surface area contributed by atoms with Gasteiger partial charge >= 0.3 is 0 Å². The van der Waals surface area contributed by atoms with Crippen molar-refractivity contribution >= 4 is 55.7 Å². The molecule has 9 heteroatoms. The first kappa shape index (κ1) is 17.6. The molecule has 2 aromatic rings. The molecule has 2 N–H and O–H groups in total. The standard InChI is InChI=1S/C15H11Cl3N2O3S/c1-15(2)7-4-3-5-19-11(7)12(21)13(24(15,22)23)9-8(16)6-20-14(18)10(9)17/h3-6H,1-2H3,(H-,20,21,22,23)/p+1. The fraction of sp³-hybridized carbons (Fsp3) is 0.200. The minimum absolute atomic E-state index is 0.00269. The fourth-order valence-corrected chi connectivity index (χ4v) is 5.24. The first-order chi connectivity index (χ1) is 11.1. The van der Waals surface area contributed by atoms with E-state index in [-0.39, 0.29) is 31.4 Å². The van der Waals surface area contributed by atoms with Crippen LogP contribution in [0.25, 0.3) is 10.7 Å². The van der Waals surface area contributed by atoms with E-state index in [1.165, 1.54) is 12.4 Å². The summed E-state index contributed by atoms with van der Waals surface area (Å²) in [6.45, 7) is 3.18. The molecule has 126 valence electrons. The summed E-state index contributed by atoms with van der Waals surface area (Å²) < 4.78 is 22.9. The van der Waals surface area contributed by atoms with Crippen molar-refractivity contribution in [2.24, 2.45) is 0 Å². The second-order valence-electron chi connectivity index (χ2n) is 5.70. The predicted molar refractivity (Wildman–Crippen MR) is 96.7 cm³/mol. The summed E-state index contributed by atoms with van der Waals surface area (Å²) in [6, 6.07) is 3.28. The number of aliphatic hydroxyl groups is 1. The largest absolute Gasteiger partial charge is 0.502 e. The van der Waals surface area contributed by atoms with Crippen LogP contribution in [0.4, 0.5) is 0 Å². The van der Waals surface area contributed by atoms with E-state index in [9.17, 15) is 13.9 Å². The quantitative estimate of drug-likeness (QED) is 0.512. The molecule has 0 saturated heterocycles. The van der Waals surface area contributed by atoms with Gasteiger partial charge in [0.25, 0.3) is 10.2 Å². The smallest absolute Gasteiger partial charge is 0.262 e. The Morgan fingerprint density at radius 2 is 1.88 bits per heavy atom. The Bertz CT molecular complexity index is 944. The lowest BCUT2D eigenvalue weighted by atomic mass is 9.98. The first-order valence-electron chi connectivity index (χ1n) is 6.76. The van der Waals surface area contributed by atoms with Gasteiger partial charge in [-0.05, 0) is 26.0 Å². The molecule has 0 saturated carbocycles. The highest BCUT2D eigenvalue weighted by Gasteiger charge is 2.59. The van der Waals surface area contributed by atoms with E-state index in [4.69, 9.17) is 34.8 Å². The summed E-state index contributed by atoms with van der Waals surface area (Å²) in [4.78, 5) is 7.64. The number of halogens is 3. The molecule has 3 rings (SSSR count). The van der Waals surface area contributed by atoms with Crippen molar-refractivity contribution in [2.45, 2.75) is 18.6 Å². The number of aliphatic hydroxyl groups excluding tert-OH is 1. The molecule has 1 aliphatic heterocycles. The topological polar surface area (TPSA) is 83.3 Å². The maximum absolute atomic E-state index is 13.3. The SMILES string of the molecule is CC1(C)c2cccnc2C(O)=C(c2c(Cl)cnc(Cl)c2Cl)[S+]1(=O)O. The van der Waals surface area contributed by atoms with Gasteiger partial charge in [0.05, 0.1) is 15.6 Å². The summed E-state index contributed by atoms with van der Waals surface area (Å²) in [5.41, 5.74) is 0.629. The first-order valence-corrected chi connectivity index (χ1v) is 9.40. The van der Waals surface area contributed by atoms with Crippen molar-refractivity contribution in [2.75, 3.05) is 0 Å². The van der Waals surface area contributed by atoms with Crippen molar-refractivity contribution < 1.29 is 13.9 Å². The van der Waals surface area contributed by atoms with Crippen LogP contribution in [0.5, 0.6) is 0 Å². The Labute approximate surface area is 154 Å². The van der Waals surface area contributed by atoms with E-state index >= 15 is 0 Å². The van der Waals surface area contributed by atoms with Gasteiger partial charge in [-0.3, -0.25) is 4.98 Å². The molecule has 0 aromatic carbocycles. The van der Waals surface area contributed by atoms with E-state index in [0.717, 1.165) is 0 Å². The van der Waals surface area contributed by atoms with E-state index in [1.54, 1.807) is 26.0 Å². The minimum atomic E-state index is -3.79. The third-order valence-electron chi connectivity index (χ3n) is 4.02. The van der Waals surface area contributed by atoms with Crippen LogP contribution in [0.2, 0.25) is 15.2 Å². The molecule has 0 aliphatic carbocycles. The van der Waals surface area contributed by atoms with Gasteiger partial charge in [0, 0.05) is 18.0 Å². The Kier molecular flexibility index (Phi) is 4.17. The zero-order valence-electron chi connectivity index (χ0n) is 12.5. The molecule has 1 atom stereocenters. The van der Waals surface area contributed by atoms with E-state index < -0.39 is 20.7 Å². The second kappa shape index (κ2) is 5.68. The minimum Gasteiger partial charge on any atom is -0.502 e. The molecule has 1 unspecified atom stereocenters. The molecule has 1 aliphatic rings. The monoisotopic (exact) mass is 405 g/mol. The van der Waals surface area contributed by atoms with Gasteiger partial charge < -0.3 is 5.11 Å². The number of hydrogen-bond acceptors (Lipinski definition) is 4. The van der Waals surface area contributed by atoms with Crippen LogP contribution in [0.1, 0.15) is 30.7 Å². The normalized spacial score (nSPS) is 22.4. The van der Waals surface area contributed by atoms with Crippen LogP contribution < -0.4 is 0 Å². The van der Waals surface area contributed by atoms with Crippen molar-refractivity contribution in [1.29, 1.82) is 0 Å². The van der Waals surface area contributed by atoms with E-state index in [2.05, 4.69) is 9.97 Å². The summed E-state index contributed by atoms with van der Waals surface area (Å²) in [6.07, 6.45) is 2.69. The Hall–Kier alpha value is -1.18. The lowest BCUT2D eigenvalue weighted by molar-refractivity contribution is 0.463. The third kappa shape index (κ3) is 2.29. The fourth-order valence-electron chi connectivity index (χ4n) is 2.63. The number of rotatable bonds is 1. The van der Waals surface area contributed by atoms with Crippen LogP contribution in [0, 0.1) is 0 Å². The van der Waals surface area contributed by atoms with E-state index in [0.29, 0.717) is 5.56 Å². The van der Waals surface area contributed by atoms with Gasteiger partial charge in [-0.25, -0.2) is 4.98 Å². The number of hydrogen-bond donors (Lipinski definition) is 2. The molecule has 0 fully saturated rings. The summed E-state index contributed by atoms with van der Waals surface area (Å²) >= 11 is 18.2. The zero-order valence-corrected chi connectivity index (χ0v) is 15.6. The van der Waals surface area contributed by atoms with Crippen LogP contribution in [-0.4, -0.2) is 19.6 Å². The maximum atomic E-state index is 13.3. The van der Waals surface area contributed by atoms with Crippen molar-refractivity contribution in [3.63, 3.8) is 0 Å². The number of aromatic nitrogens is 2. The van der Waals surface area contributed by atoms with Gasteiger partial charge in [-0.15, -0.1) is 0 Å². The molecular weight excluding hydrogens is 395 g/mol. The average Bonchev–Trinajstić information content (AvgIpc) is 2.53. The van der Waals surface area contributed by atoms with Crippen LogP contribution >= 0.6 is 34.8 Å². The maximum Gasteiger partial charge on any atom is 0.262 e. The lowest BCUT2D eigenvalue weighted by Crippen LogP contribution is -2.39. The highest BCUT2D eigenvalue weighted by molar-refractivity contribution is 8.07. The zero-order chi connectivity index (χ0) is 17.9. The lowest BCUT2D eigenvalue weighted by Gasteiger charge is -2.31. The molecular formula is C15H12Cl3N2O3S+. The molecule has 0 radical (unpaired) electrons. The average molecular weight is 407 g/mol. The highest BCUT2D eigenvalue weighted by atomic mass is 35.5. The van der Waals surface area contributed by atoms with Gasteiger partial charge in [0.2, 0.25) is 10.7 Å². The van der Waals surface area contributed by atoms with Crippen LogP contribution in [0.15, 0.2) is 24.5 Å². The van der Waals surface area contributed by atoms with Crippen LogP contribution in [-0.2, 0) is 19.2 Å². The van der Waals surface area contributed by atoms with Gasteiger partial charge in [-0.1, -0.05) is 39.0 Å². The molecule has 0 amide bonds. The summed E-state index contributed by atoms with van der Waals surface area (Å²) in [7, 11) is -3.79. The number of fused-ring (bicyclic) bond motifs is 1. The summed E-state index contributed by atoms with van der Waals surface area (Å²) in [5, 5.41) is 10.5. The Morgan fingerprint density at radius 1 is 1.21 bits per heavy atom. The predicted octanol–water partition coefficient (Wildman–Crippen LogP) is 5.04. The van der Waals surface area contributed by atoms with Crippen LogP contribution in [0.3, 0.4) is 0 Å². The molecule has 5 nitrogen and oxygen atoms in total. The molecule has 24 heavy (non-hydrogen) atoms. The molecule has 3 heterocycles. The Balaban J connectivity index is 2.48. The Morgan fingerprint density at radius 3 is 2.54 bits per heavy atom. The van der Waals surface area contributed by atoms with E-state index in [1.807, 2.05) is 0 Å². The number of pyridine rings is 2. The molecule has 0 spiro atoms. The van der Waals surface area contributed by atoms with Crippen molar-refractivity contribution in [3.05, 3.63) is 56.5 Å². The van der Waals surface area contributed by atoms with Gasteiger partial charge in [0.1, 0.15) is 10.8 Å². The third-order valence-corrected chi connectivity index (χ3v) is 7.61. The highest BCUT2D eigenvalue weighted by Crippen LogP contribution is 2.53. The van der Waals surface area contributed by atoms with Gasteiger partial charge in [0.15, 0.2) is 4.75 Å². The summed E-state index contributed by atoms with van der Waals surface area (Å²) in [5.74, 6) is -0.455. The molecule has 2 aromatic heterocycles.